The van der Waals surface area contributed by atoms with Crippen LogP contribution in [-0.2, 0) is 12.8 Å². The number of nitrogens with one attached hydrogen (secondary N) is 1. The van der Waals surface area contributed by atoms with Gasteiger partial charge in [-0.05, 0) is 55.6 Å². The summed E-state index contributed by atoms with van der Waals surface area (Å²) in [6.45, 7) is 3.04. The highest BCUT2D eigenvalue weighted by Crippen LogP contribution is 2.39. The van der Waals surface area contributed by atoms with Crippen molar-refractivity contribution in [3.8, 4) is 5.75 Å². The summed E-state index contributed by atoms with van der Waals surface area (Å²) < 4.78 is 5.53. The molecule has 112 valence electrons. The van der Waals surface area contributed by atoms with E-state index >= 15 is 0 Å². The van der Waals surface area contributed by atoms with E-state index in [1.54, 1.807) is 12.0 Å². The van der Waals surface area contributed by atoms with E-state index < -0.39 is 0 Å². The maximum atomic E-state index is 6.20. The number of thiophene rings is 1. The van der Waals surface area contributed by atoms with Gasteiger partial charge in [0.1, 0.15) is 5.75 Å². The van der Waals surface area contributed by atoms with Crippen LogP contribution >= 0.6 is 22.9 Å². The summed E-state index contributed by atoms with van der Waals surface area (Å²) in [5.41, 5.74) is 2.64. The number of fused-ring (bicyclic) bond motifs is 1. The Hall–Kier alpha value is -1.03. The monoisotopic (exact) mass is 321 g/mol. The minimum absolute atomic E-state index is 0.152. The summed E-state index contributed by atoms with van der Waals surface area (Å²) in [6, 6.07) is 8.35. The quantitative estimate of drug-likeness (QED) is 0.869. The Morgan fingerprint density at radius 2 is 2.19 bits per heavy atom. The molecule has 0 aliphatic heterocycles. The molecule has 0 fully saturated rings. The maximum absolute atomic E-state index is 6.20. The first kappa shape index (κ1) is 14.9. The zero-order chi connectivity index (χ0) is 14.8. The summed E-state index contributed by atoms with van der Waals surface area (Å²) in [6.07, 6.45) is 3.75. The fraction of sp³-hybridized carbons (Fsp3) is 0.412. The molecule has 0 saturated heterocycles. The molecule has 2 aromatic rings. The van der Waals surface area contributed by atoms with Crippen molar-refractivity contribution >= 4 is 22.9 Å². The Labute approximate surface area is 135 Å². The molecule has 3 rings (SSSR count). The van der Waals surface area contributed by atoms with Crippen molar-refractivity contribution in [2.45, 2.75) is 32.2 Å². The number of hydrogen-bond donors (Lipinski definition) is 1. The Kier molecular flexibility index (Phi) is 4.53. The van der Waals surface area contributed by atoms with Gasteiger partial charge < -0.3 is 10.1 Å². The highest BCUT2D eigenvalue weighted by molar-refractivity contribution is 7.12. The van der Waals surface area contributed by atoms with Crippen LogP contribution in [0.3, 0.4) is 0 Å². The Morgan fingerprint density at radius 3 is 2.90 bits per heavy atom. The molecule has 1 aromatic carbocycles. The van der Waals surface area contributed by atoms with Gasteiger partial charge in [0, 0.05) is 20.3 Å². The molecule has 2 nitrogen and oxygen atoms in total. The van der Waals surface area contributed by atoms with E-state index in [2.05, 4.69) is 18.3 Å². The van der Waals surface area contributed by atoms with Gasteiger partial charge in [0.2, 0.25) is 0 Å². The molecule has 1 aliphatic carbocycles. The first-order valence-electron chi connectivity index (χ1n) is 7.41. The first-order chi connectivity index (χ1) is 10.2. The summed E-state index contributed by atoms with van der Waals surface area (Å²) in [7, 11) is 1.71. The molecule has 0 saturated carbocycles. The molecule has 1 aromatic heterocycles. The lowest BCUT2D eigenvalue weighted by Gasteiger charge is -2.20. The third-order valence-electron chi connectivity index (χ3n) is 3.96. The van der Waals surface area contributed by atoms with E-state index in [0.717, 1.165) is 22.9 Å². The van der Waals surface area contributed by atoms with Crippen LogP contribution in [0.2, 0.25) is 5.02 Å². The van der Waals surface area contributed by atoms with Crippen LogP contribution in [0.25, 0.3) is 0 Å². The van der Waals surface area contributed by atoms with Crippen LogP contribution in [0.1, 0.15) is 40.3 Å². The Morgan fingerprint density at radius 1 is 1.33 bits per heavy atom. The topological polar surface area (TPSA) is 21.3 Å². The van der Waals surface area contributed by atoms with Gasteiger partial charge in [-0.3, -0.25) is 0 Å². The van der Waals surface area contributed by atoms with Crippen molar-refractivity contribution in [3.63, 3.8) is 0 Å². The van der Waals surface area contributed by atoms with Gasteiger partial charge in [0.25, 0.3) is 0 Å². The Bertz CT molecular complexity index is 616. The highest BCUT2D eigenvalue weighted by atomic mass is 35.5. The smallest absolute Gasteiger partial charge is 0.124 e. The van der Waals surface area contributed by atoms with E-state index in [4.69, 9.17) is 16.3 Å². The van der Waals surface area contributed by atoms with Gasteiger partial charge >= 0.3 is 0 Å². The van der Waals surface area contributed by atoms with Crippen molar-refractivity contribution in [1.29, 1.82) is 0 Å². The normalized spacial score (nSPS) is 15.0. The lowest BCUT2D eigenvalue weighted by atomic mass is 10.0. The lowest BCUT2D eigenvalue weighted by molar-refractivity contribution is 0.404. The van der Waals surface area contributed by atoms with Crippen molar-refractivity contribution in [1.82, 2.24) is 5.32 Å². The fourth-order valence-corrected chi connectivity index (χ4v) is 4.53. The second kappa shape index (κ2) is 6.39. The van der Waals surface area contributed by atoms with E-state index in [9.17, 15) is 0 Å². The molecule has 1 aliphatic rings. The van der Waals surface area contributed by atoms with E-state index in [0.29, 0.717) is 0 Å². The van der Waals surface area contributed by atoms with Crippen LogP contribution in [0.5, 0.6) is 5.75 Å². The van der Waals surface area contributed by atoms with Crippen LogP contribution < -0.4 is 10.1 Å². The predicted molar refractivity (Wildman–Crippen MR) is 89.9 cm³/mol. The van der Waals surface area contributed by atoms with Gasteiger partial charge in [-0.2, -0.15) is 0 Å². The van der Waals surface area contributed by atoms with Crippen molar-refractivity contribution in [2.75, 3.05) is 13.7 Å². The number of benzene rings is 1. The summed E-state index contributed by atoms with van der Waals surface area (Å²) in [5.74, 6) is 0.888. The molecule has 1 heterocycles. The van der Waals surface area contributed by atoms with Crippen molar-refractivity contribution in [2.24, 2.45) is 0 Å². The number of ether oxygens (including phenoxy) is 1. The molecular formula is C17H20ClNOS. The standard InChI is InChI=1S/C17H20ClNOS/c1-3-19-17(13-10-12(18)7-8-14(13)20-2)16-9-11-5-4-6-15(11)21-16/h7-10,17,19H,3-6H2,1-2H3. The van der Waals surface area contributed by atoms with Crippen LogP contribution in [0.15, 0.2) is 24.3 Å². The maximum Gasteiger partial charge on any atom is 0.124 e. The predicted octanol–water partition coefficient (Wildman–Crippen LogP) is 4.60. The molecule has 1 N–H and O–H groups in total. The number of rotatable bonds is 5. The van der Waals surface area contributed by atoms with Gasteiger partial charge in [-0.15, -0.1) is 11.3 Å². The highest BCUT2D eigenvalue weighted by Gasteiger charge is 2.23. The SMILES string of the molecule is CCNC(c1cc2c(s1)CCC2)c1cc(Cl)ccc1OC. The fourth-order valence-electron chi connectivity index (χ4n) is 2.99. The van der Waals surface area contributed by atoms with Crippen LogP contribution in [0, 0.1) is 0 Å². The summed E-state index contributed by atoms with van der Waals surface area (Å²) in [5, 5.41) is 4.33. The van der Waals surface area contributed by atoms with Crippen molar-refractivity contribution in [3.05, 3.63) is 50.2 Å². The van der Waals surface area contributed by atoms with E-state index in [1.807, 2.05) is 29.5 Å². The molecule has 0 bridgehead atoms. The van der Waals surface area contributed by atoms with Gasteiger partial charge in [0.05, 0.1) is 13.2 Å². The molecule has 21 heavy (non-hydrogen) atoms. The summed E-state index contributed by atoms with van der Waals surface area (Å²) in [4.78, 5) is 2.91. The third kappa shape index (κ3) is 2.96. The second-order valence-corrected chi connectivity index (χ2v) is 6.93. The average Bonchev–Trinajstić information content (AvgIpc) is 3.06. The number of methoxy groups -OCH3 is 1. The number of aryl methyl sites for hydroxylation is 2. The molecule has 4 heteroatoms. The van der Waals surface area contributed by atoms with Crippen molar-refractivity contribution < 1.29 is 4.74 Å². The number of halogens is 1. The number of hydrogen-bond acceptors (Lipinski definition) is 3. The van der Waals surface area contributed by atoms with Gasteiger partial charge in [0.15, 0.2) is 0 Å². The minimum Gasteiger partial charge on any atom is -0.496 e. The molecule has 0 radical (unpaired) electrons. The van der Waals surface area contributed by atoms with Gasteiger partial charge in [-0.1, -0.05) is 18.5 Å². The zero-order valence-corrected chi connectivity index (χ0v) is 14.0. The minimum atomic E-state index is 0.152. The molecule has 1 unspecified atom stereocenters. The molecule has 0 amide bonds. The van der Waals surface area contributed by atoms with Gasteiger partial charge in [-0.25, -0.2) is 0 Å². The molecular weight excluding hydrogens is 302 g/mol. The zero-order valence-electron chi connectivity index (χ0n) is 12.4. The average molecular weight is 322 g/mol. The van der Waals surface area contributed by atoms with Crippen LogP contribution in [0.4, 0.5) is 0 Å². The largest absolute Gasteiger partial charge is 0.496 e. The third-order valence-corrected chi connectivity index (χ3v) is 5.50. The van der Waals surface area contributed by atoms with E-state index in [1.165, 1.54) is 29.7 Å². The first-order valence-corrected chi connectivity index (χ1v) is 8.60. The van der Waals surface area contributed by atoms with Crippen LogP contribution in [-0.4, -0.2) is 13.7 Å². The second-order valence-electron chi connectivity index (χ2n) is 5.33. The lowest BCUT2D eigenvalue weighted by Crippen LogP contribution is -2.21. The van der Waals surface area contributed by atoms with E-state index in [-0.39, 0.29) is 6.04 Å². The Balaban J connectivity index is 2.02. The molecule has 0 spiro atoms. The summed E-state index contributed by atoms with van der Waals surface area (Å²) >= 11 is 8.13. The molecule has 1 atom stereocenters.